The topological polar surface area (TPSA) is 47.6 Å². The lowest BCUT2D eigenvalue weighted by Gasteiger charge is -2.10. The summed E-state index contributed by atoms with van der Waals surface area (Å²) in [6.45, 7) is 1.61. The van der Waals surface area contributed by atoms with E-state index in [0.717, 1.165) is 28.7 Å². The molecule has 0 fully saturated rings. The summed E-state index contributed by atoms with van der Waals surface area (Å²) in [6, 6.07) is 23.5. The zero-order valence-corrected chi connectivity index (χ0v) is 16.2. The van der Waals surface area contributed by atoms with Gasteiger partial charge in [0.15, 0.2) is 5.78 Å². The Kier molecular flexibility index (Phi) is 6.82. The molecule has 5 heteroatoms. The predicted octanol–water partition coefficient (Wildman–Crippen LogP) is 4.50. The summed E-state index contributed by atoms with van der Waals surface area (Å²) < 4.78 is 5.83. The highest BCUT2D eigenvalue weighted by molar-refractivity contribution is 6.12. The first-order valence-electron chi connectivity index (χ1n) is 9.08. The van der Waals surface area contributed by atoms with Gasteiger partial charge in [0, 0.05) is 17.7 Å². The number of hydroxylamine groups is 1. The number of ketones is 1. The van der Waals surface area contributed by atoms with Gasteiger partial charge in [-0.1, -0.05) is 60.7 Å². The smallest absolute Gasteiger partial charge is 0.197 e. The zero-order valence-electron chi connectivity index (χ0n) is 15.4. The van der Waals surface area contributed by atoms with Crippen LogP contribution in [0.1, 0.15) is 32.6 Å². The highest BCUT2D eigenvalue weighted by Crippen LogP contribution is 2.29. The average molecular weight is 396 g/mol. The van der Waals surface area contributed by atoms with E-state index < -0.39 is 0 Å². The Morgan fingerprint density at radius 3 is 2.54 bits per heavy atom. The Balaban J connectivity index is 0.00000225. The van der Waals surface area contributed by atoms with Crippen molar-refractivity contribution in [1.29, 1.82) is 0 Å². The number of carbonyl (C=O) groups excluding carboxylic acids is 1. The number of nitrogens with one attached hydrogen (secondary N) is 1. The van der Waals surface area contributed by atoms with E-state index in [1.165, 1.54) is 0 Å². The van der Waals surface area contributed by atoms with Gasteiger partial charge in [0.05, 0.1) is 12.2 Å². The minimum atomic E-state index is 0. The maximum absolute atomic E-state index is 12.9. The lowest BCUT2D eigenvalue weighted by molar-refractivity contribution is 0.0288. The highest BCUT2D eigenvalue weighted by atomic mass is 35.5. The molecule has 0 saturated carbocycles. The molecule has 0 bridgehead atoms. The maximum Gasteiger partial charge on any atom is 0.197 e. The molecule has 1 aliphatic rings. The van der Waals surface area contributed by atoms with Crippen LogP contribution in [0.5, 0.6) is 5.75 Å². The SMILES string of the molecule is Cl.O=C1c2ccccc2COc2ccc(CCNOCc3ccccc3)cc21. The van der Waals surface area contributed by atoms with Crippen molar-refractivity contribution < 1.29 is 14.4 Å². The van der Waals surface area contributed by atoms with Gasteiger partial charge in [0.25, 0.3) is 0 Å². The summed E-state index contributed by atoms with van der Waals surface area (Å²) in [4.78, 5) is 18.4. The third kappa shape index (κ3) is 4.60. The minimum absolute atomic E-state index is 0. The summed E-state index contributed by atoms with van der Waals surface area (Å²) in [5.74, 6) is 0.668. The van der Waals surface area contributed by atoms with Gasteiger partial charge in [0.1, 0.15) is 12.4 Å². The van der Waals surface area contributed by atoms with E-state index in [4.69, 9.17) is 9.57 Å². The molecule has 0 atom stereocenters. The van der Waals surface area contributed by atoms with Crippen molar-refractivity contribution in [2.75, 3.05) is 6.54 Å². The summed E-state index contributed by atoms with van der Waals surface area (Å²) in [5.41, 5.74) is 7.45. The van der Waals surface area contributed by atoms with E-state index in [-0.39, 0.29) is 18.2 Å². The molecule has 0 amide bonds. The average Bonchev–Trinajstić information content (AvgIpc) is 2.86. The third-order valence-corrected chi connectivity index (χ3v) is 4.63. The summed E-state index contributed by atoms with van der Waals surface area (Å²) in [5, 5.41) is 0. The second-order valence-corrected chi connectivity index (χ2v) is 6.52. The van der Waals surface area contributed by atoms with Crippen molar-refractivity contribution in [3.05, 3.63) is 101 Å². The number of hydrogen-bond donors (Lipinski definition) is 1. The summed E-state index contributed by atoms with van der Waals surface area (Å²) >= 11 is 0. The maximum atomic E-state index is 12.9. The van der Waals surface area contributed by atoms with Crippen LogP contribution >= 0.6 is 12.4 Å². The lowest BCUT2D eigenvalue weighted by Crippen LogP contribution is -2.17. The van der Waals surface area contributed by atoms with E-state index in [2.05, 4.69) is 5.48 Å². The van der Waals surface area contributed by atoms with Crippen molar-refractivity contribution in [2.24, 2.45) is 0 Å². The van der Waals surface area contributed by atoms with Crippen LogP contribution in [-0.2, 0) is 24.5 Å². The first kappa shape index (κ1) is 20.1. The van der Waals surface area contributed by atoms with E-state index in [0.29, 0.717) is 31.1 Å². The van der Waals surface area contributed by atoms with Gasteiger partial charge in [-0.3, -0.25) is 9.63 Å². The fourth-order valence-electron chi connectivity index (χ4n) is 3.18. The van der Waals surface area contributed by atoms with Crippen molar-refractivity contribution in [3.63, 3.8) is 0 Å². The van der Waals surface area contributed by atoms with Crippen LogP contribution < -0.4 is 10.2 Å². The van der Waals surface area contributed by atoms with Crippen molar-refractivity contribution in [2.45, 2.75) is 19.6 Å². The molecule has 0 aromatic heterocycles. The molecule has 1 N–H and O–H groups in total. The number of ether oxygens (including phenoxy) is 1. The van der Waals surface area contributed by atoms with Gasteiger partial charge in [-0.15, -0.1) is 12.4 Å². The first-order chi connectivity index (χ1) is 13.3. The molecule has 144 valence electrons. The Labute approximate surface area is 170 Å². The van der Waals surface area contributed by atoms with Gasteiger partial charge in [-0.25, -0.2) is 5.48 Å². The normalized spacial score (nSPS) is 12.2. The molecule has 3 aromatic rings. The van der Waals surface area contributed by atoms with Gasteiger partial charge in [0.2, 0.25) is 0 Å². The van der Waals surface area contributed by atoms with E-state index >= 15 is 0 Å². The van der Waals surface area contributed by atoms with Gasteiger partial charge >= 0.3 is 0 Å². The van der Waals surface area contributed by atoms with Gasteiger partial charge < -0.3 is 4.74 Å². The highest BCUT2D eigenvalue weighted by Gasteiger charge is 2.22. The number of hydrogen-bond acceptors (Lipinski definition) is 4. The van der Waals surface area contributed by atoms with Crippen molar-refractivity contribution >= 4 is 18.2 Å². The number of fused-ring (bicyclic) bond motifs is 2. The number of carbonyl (C=O) groups is 1. The fourth-order valence-corrected chi connectivity index (χ4v) is 3.18. The van der Waals surface area contributed by atoms with E-state index in [1.54, 1.807) is 0 Å². The lowest BCUT2D eigenvalue weighted by atomic mass is 9.97. The van der Waals surface area contributed by atoms with Crippen LogP contribution in [0.3, 0.4) is 0 Å². The second kappa shape index (κ2) is 9.51. The largest absolute Gasteiger partial charge is 0.488 e. The molecule has 3 aromatic carbocycles. The molecule has 0 unspecified atom stereocenters. The molecular weight excluding hydrogens is 374 g/mol. The van der Waals surface area contributed by atoms with Crippen LogP contribution in [0.4, 0.5) is 0 Å². The Morgan fingerprint density at radius 2 is 1.68 bits per heavy atom. The molecule has 0 saturated heterocycles. The minimum Gasteiger partial charge on any atom is -0.488 e. The standard InChI is InChI=1S/C23H21NO3.ClH/c25-23-20-9-5-4-8-19(20)16-26-22-11-10-17(14-21(22)23)12-13-24-27-15-18-6-2-1-3-7-18;/h1-11,14,24H,12-13,15-16H2;1H. The van der Waals surface area contributed by atoms with Crippen LogP contribution in [0.15, 0.2) is 72.8 Å². The predicted molar refractivity (Wildman–Crippen MR) is 111 cm³/mol. The number of rotatable bonds is 6. The van der Waals surface area contributed by atoms with Crippen LogP contribution in [0.2, 0.25) is 0 Å². The second-order valence-electron chi connectivity index (χ2n) is 6.52. The van der Waals surface area contributed by atoms with E-state index in [9.17, 15) is 4.79 Å². The molecular formula is C23H22ClNO3. The van der Waals surface area contributed by atoms with E-state index in [1.807, 2.05) is 72.8 Å². The molecule has 1 aliphatic heterocycles. The molecule has 0 aliphatic carbocycles. The summed E-state index contributed by atoms with van der Waals surface area (Å²) in [7, 11) is 0. The monoisotopic (exact) mass is 395 g/mol. The van der Waals surface area contributed by atoms with Gasteiger partial charge in [-0.05, 0) is 29.7 Å². The number of benzene rings is 3. The quantitative estimate of drug-likeness (QED) is 0.493. The van der Waals surface area contributed by atoms with Crippen molar-refractivity contribution in [1.82, 2.24) is 5.48 Å². The van der Waals surface area contributed by atoms with Gasteiger partial charge in [-0.2, -0.15) is 0 Å². The molecule has 4 rings (SSSR count). The van der Waals surface area contributed by atoms with Crippen LogP contribution in [-0.4, -0.2) is 12.3 Å². The third-order valence-electron chi connectivity index (χ3n) is 4.63. The molecule has 0 radical (unpaired) electrons. The zero-order chi connectivity index (χ0) is 18.5. The molecule has 1 heterocycles. The number of halogens is 1. The summed E-state index contributed by atoms with van der Waals surface area (Å²) in [6.07, 6.45) is 0.761. The Hall–Kier alpha value is -2.66. The fraction of sp³-hybridized carbons (Fsp3) is 0.174. The van der Waals surface area contributed by atoms with Crippen LogP contribution in [0.25, 0.3) is 0 Å². The molecule has 4 nitrogen and oxygen atoms in total. The molecule has 28 heavy (non-hydrogen) atoms. The van der Waals surface area contributed by atoms with Crippen LogP contribution in [0, 0.1) is 0 Å². The molecule has 0 spiro atoms. The Morgan fingerprint density at radius 1 is 0.893 bits per heavy atom. The van der Waals surface area contributed by atoms with Crippen molar-refractivity contribution in [3.8, 4) is 5.75 Å². The first-order valence-corrected chi connectivity index (χ1v) is 9.08. The Bertz CT molecular complexity index is 944.